The zero-order valence-corrected chi connectivity index (χ0v) is 22.3. The number of hydrogen-bond donors (Lipinski definition) is 1. The standard InChI is InChI=1S/C28H32ClFN4O4/c1-34(28(35)17-9-11-37-12-10-17)19-4-6-20(7-5-19)38-26-14-21-24(15-25(26)36-2)31-16-32-27(21)33-18-3-8-23(30)22(29)13-18/h3,8,13-17,19-20H,4-7,9-12H2,1-2H3,(H,31,32,33). The highest BCUT2D eigenvalue weighted by atomic mass is 35.5. The number of amides is 1. The molecule has 2 aromatic carbocycles. The number of fused-ring (bicyclic) bond motifs is 1. The maximum Gasteiger partial charge on any atom is 0.225 e. The van der Waals surface area contributed by atoms with Gasteiger partial charge in [0.25, 0.3) is 0 Å². The smallest absolute Gasteiger partial charge is 0.225 e. The number of nitrogens with zero attached hydrogens (tertiary/aromatic N) is 3. The lowest BCUT2D eigenvalue weighted by molar-refractivity contribution is -0.140. The minimum absolute atomic E-state index is 0.00104. The molecule has 0 radical (unpaired) electrons. The second-order valence-corrected chi connectivity index (χ2v) is 10.3. The van der Waals surface area contributed by atoms with Crippen molar-refractivity contribution in [3.8, 4) is 11.5 Å². The summed E-state index contributed by atoms with van der Waals surface area (Å²) in [7, 11) is 3.53. The molecule has 1 N–H and O–H groups in total. The minimum atomic E-state index is -0.487. The first-order chi connectivity index (χ1) is 18.4. The molecule has 2 fully saturated rings. The fourth-order valence-corrected chi connectivity index (χ4v) is 5.45. The van der Waals surface area contributed by atoms with Crippen LogP contribution in [-0.2, 0) is 9.53 Å². The average Bonchev–Trinajstić information content (AvgIpc) is 2.95. The molecule has 2 heterocycles. The number of ether oxygens (including phenoxy) is 3. The van der Waals surface area contributed by atoms with Crippen LogP contribution in [0.2, 0.25) is 5.02 Å². The summed E-state index contributed by atoms with van der Waals surface area (Å²) >= 11 is 5.95. The Kier molecular flexibility index (Phi) is 8.14. The fraction of sp³-hybridized carbons (Fsp3) is 0.464. The number of rotatable bonds is 7. The molecule has 202 valence electrons. The number of nitrogens with one attached hydrogen (secondary N) is 1. The zero-order valence-electron chi connectivity index (χ0n) is 21.6. The fourth-order valence-electron chi connectivity index (χ4n) is 5.27. The third kappa shape index (κ3) is 5.78. The zero-order chi connectivity index (χ0) is 26.6. The lowest BCUT2D eigenvalue weighted by Crippen LogP contribution is -2.44. The van der Waals surface area contributed by atoms with E-state index in [2.05, 4.69) is 15.3 Å². The molecular formula is C28H32ClFN4O4. The van der Waals surface area contributed by atoms with Crippen LogP contribution < -0.4 is 14.8 Å². The van der Waals surface area contributed by atoms with Gasteiger partial charge in [-0.2, -0.15) is 0 Å². The summed E-state index contributed by atoms with van der Waals surface area (Å²) in [5.74, 6) is 1.55. The van der Waals surface area contributed by atoms with Crippen molar-refractivity contribution in [1.29, 1.82) is 0 Å². The number of hydrogen-bond acceptors (Lipinski definition) is 7. The van der Waals surface area contributed by atoms with Gasteiger partial charge in [-0.1, -0.05) is 11.6 Å². The lowest BCUT2D eigenvalue weighted by Gasteiger charge is -2.37. The molecule has 1 aliphatic heterocycles. The van der Waals surface area contributed by atoms with Crippen molar-refractivity contribution in [1.82, 2.24) is 14.9 Å². The molecular weight excluding hydrogens is 511 g/mol. The number of aromatic nitrogens is 2. The Morgan fingerprint density at radius 2 is 1.84 bits per heavy atom. The van der Waals surface area contributed by atoms with Crippen LogP contribution in [0.3, 0.4) is 0 Å². The molecule has 10 heteroatoms. The molecule has 0 unspecified atom stereocenters. The second kappa shape index (κ2) is 11.7. The van der Waals surface area contributed by atoms with Crippen molar-refractivity contribution >= 4 is 39.9 Å². The average molecular weight is 543 g/mol. The van der Waals surface area contributed by atoms with Gasteiger partial charge in [-0.15, -0.1) is 0 Å². The Bertz CT molecular complexity index is 1300. The summed E-state index contributed by atoms with van der Waals surface area (Å²) in [4.78, 5) is 23.7. The predicted octanol–water partition coefficient (Wildman–Crippen LogP) is 5.75. The Labute approximate surface area is 226 Å². The van der Waals surface area contributed by atoms with E-state index >= 15 is 0 Å². The van der Waals surface area contributed by atoms with Crippen LogP contribution >= 0.6 is 11.6 Å². The number of carbonyl (C=O) groups excluding carboxylic acids is 1. The molecule has 1 saturated heterocycles. The number of benzene rings is 2. The van der Waals surface area contributed by atoms with Crippen LogP contribution in [0.1, 0.15) is 38.5 Å². The number of methoxy groups -OCH3 is 1. The molecule has 5 rings (SSSR count). The number of halogens is 2. The van der Waals surface area contributed by atoms with Gasteiger partial charge in [-0.25, -0.2) is 14.4 Å². The third-order valence-electron chi connectivity index (χ3n) is 7.51. The van der Waals surface area contributed by atoms with Gasteiger partial charge in [0.1, 0.15) is 18.0 Å². The molecule has 1 amide bonds. The maximum absolute atomic E-state index is 13.6. The summed E-state index contributed by atoms with van der Waals surface area (Å²) in [5, 5.41) is 3.95. The van der Waals surface area contributed by atoms with Crippen molar-refractivity contribution in [3.63, 3.8) is 0 Å². The van der Waals surface area contributed by atoms with Gasteiger partial charge in [0.2, 0.25) is 5.91 Å². The first-order valence-electron chi connectivity index (χ1n) is 13.0. The Morgan fingerprint density at radius 3 is 2.55 bits per heavy atom. The molecule has 1 aromatic heterocycles. The first kappa shape index (κ1) is 26.4. The second-order valence-electron chi connectivity index (χ2n) is 9.88. The highest BCUT2D eigenvalue weighted by molar-refractivity contribution is 6.31. The molecule has 38 heavy (non-hydrogen) atoms. The Hall–Kier alpha value is -3.17. The van der Waals surface area contributed by atoms with Crippen LogP contribution in [-0.4, -0.2) is 60.3 Å². The minimum Gasteiger partial charge on any atom is -0.493 e. The van der Waals surface area contributed by atoms with Gasteiger partial charge in [0, 0.05) is 49.4 Å². The number of anilines is 2. The van der Waals surface area contributed by atoms with E-state index in [4.69, 9.17) is 25.8 Å². The van der Waals surface area contributed by atoms with Crippen molar-refractivity contribution in [2.75, 3.05) is 32.7 Å². The molecule has 0 spiro atoms. The molecule has 1 saturated carbocycles. The van der Waals surface area contributed by atoms with Crippen LogP contribution in [0, 0.1) is 11.7 Å². The highest BCUT2D eigenvalue weighted by Gasteiger charge is 2.32. The molecule has 0 atom stereocenters. The molecule has 3 aromatic rings. The van der Waals surface area contributed by atoms with Gasteiger partial charge < -0.3 is 24.4 Å². The van der Waals surface area contributed by atoms with Gasteiger partial charge >= 0.3 is 0 Å². The summed E-state index contributed by atoms with van der Waals surface area (Å²) in [5.41, 5.74) is 1.28. The molecule has 8 nitrogen and oxygen atoms in total. The van der Waals surface area contributed by atoms with Gasteiger partial charge in [0.05, 0.1) is 23.8 Å². The summed E-state index contributed by atoms with van der Waals surface area (Å²) < 4.78 is 31.1. The van der Waals surface area contributed by atoms with Crippen molar-refractivity contribution in [3.05, 3.63) is 47.5 Å². The molecule has 0 bridgehead atoms. The van der Waals surface area contributed by atoms with Gasteiger partial charge in [0.15, 0.2) is 11.5 Å². The van der Waals surface area contributed by atoms with E-state index in [9.17, 15) is 9.18 Å². The summed E-state index contributed by atoms with van der Waals surface area (Å²) in [6.45, 7) is 1.33. The molecule has 2 aliphatic rings. The third-order valence-corrected chi connectivity index (χ3v) is 7.80. The Morgan fingerprint density at radius 1 is 1.08 bits per heavy atom. The van der Waals surface area contributed by atoms with E-state index in [1.165, 1.54) is 18.5 Å². The predicted molar refractivity (Wildman–Crippen MR) is 144 cm³/mol. The summed E-state index contributed by atoms with van der Waals surface area (Å²) in [6, 6.07) is 8.31. The van der Waals surface area contributed by atoms with E-state index in [0.29, 0.717) is 41.7 Å². The highest BCUT2D eigenvalue weighted by Crippen LogP contribution is 2.37. The van der Waals surface area contributed by atoms with Crippen molar-refractivity contribution in [2.24, 2.45) is 5.92 Å². The van der Waals surface area contributed by atoms with E-state index in [1.54, 1.807) is 13.2 Å². The van der Waals surface area contributed by atoms with E-state index in [-0.39, 0.29) is 29.0 Å². The number of carbonyl (C=O) groups is 1. The summed E-state index contributed by atoms with van der Waals surface area (Å²) in [6.07, 6.45) is 6.50. The van der Waals surface area contributed by atoms with Crippen LogP contribution in [0.15, 0.2) is 36.7 Å². The quantitative estimate of drug-likeness (QED) is 0.407. The van der Waals surface area contributed by atoms with Crippen molar-refractivity contribution in [2.45, 2.75) is 50.7 Å². The van der Waals surface area contributed by atoms with E-state index < -0.39 is 5.82 Å². The lowest BCUT2D eigenvalue weighted by atomic mass is 9.90. The topological polar surface area (TPSA) is 85.8 Å². The van der Waals surface area contributed by atoms with Crippen LogP contribution in [0.4, 0.5) is 15.9 Å². The first-order valence-corrected chi connectivity index (χ1v) is 13.4. The van der Waals surface area contributed by atoms with Gasteiger partial charge in [-0.05, 0) is 62.8 Å². The monoisotopic (exact) mass is 542 g/mol. The Balaban J connectivity index is 1.28. The SMILES string of the molecule is COc1cc2ncnc(Nc3ccc(F)c(Cl)c3)c2cc1OC1CCC(N(C)C(=O)C2CCOCC2)CC1. The van der Waals surface area contributed by atoms with Crippen LogP contribution in [0.25, 0.3) is 10.9 Å². The van der Waals surface area contributed by atoms with E-state index in [1.807, 2.05) is 24.1 Å². The van der Waals surface area contributed by atoms with Gasteiger partial charge in [-0.3, -0.25) is 4.79 Å². The van der Waals surface area contributed by atoms with E-state index in [0.717, 1.165) is 43.9 Å². The maximum atomic E-state index is 13.6. The van der Waals surface area contributed by atoms with Crippen molar-refractivity contribution < 1.29 is 23.4 Å². The molecule has 1 aliphatic carbocycles. The largest absolute Gasteiger partial charge is 0.493 e. The van der Waals surface area contributed by atoms with Crippen LogP contribution in [0.5, 0.6) is 11.5 Å². The normalized spacial score (nSPS) is 20.2.